The fraction of sp³-hybridized carbons (Fsp3) is 1.00. The van der Waals surface area contributed by atoms with E-state index in [9.17, 15) is 5.11 Å². The van der Waals surface area contributed by atoms with Gasteiger partial charge >= 0.3 is 0 Å². The second-order valence-corrected chi connectivity index (χ2v) is 5.73. The molecule has 0 heterocycles. The zero-order valence-corrected chi connectivity index (χ0v) is 13.1. The number of rotatable bonds is 13. The standard InChI is InChI=1S/C16H36NO/c1-4-7-10-11-14-17(15-16-18,12-8-5-2)13-9-6-3/h18H,4-16H2,1-3H3/q+1. The summed E-state index contributed by atoms with van der Waals surface area (Å²) in [5, 5.41) is 9.39. The van der Waals surface area contributed by atoms with Gasteiger partial charge in [0.15, 0.2) is 0 Å². The largest absolute Gasteiger partial charge is 0.391 e. The van der Waals surface area contributed by atoms with Gasteiger partial charge in [0.05, 0.1) is 26.2 Å². The maximum Gasteiger partial charge on any atom is 0.102 e. The number of unbranched alkanes of at least 4 members (excludes halogenated alkanes) is 5. The SMILES string of the molecule is CCCCCC[N+](CCO)(CCCC)CCCC. The molecule has 1 N–H and O–H groups in total. The molecule has 0 atom stereocenters. The third-order valence-electron chi connectivity index (χ3n) is 4.03. The molecule has 2 nitrogen and oxygen atoms in total. The molecule has 0 aromatic heterocycles. The Balaban J connectivity index is 4.29. The summed E-state index contributed by atoms with van der Waals surface area (Å²) >= 11 is 0. The van der Waals surface area contributed by atoms with Gasteiger partial charge < -0.3 is 9.59 Å². The van der Waals surface area contributed by atoms with Crippen molar-refractivity contribution in [1.82, 2.24) is 0 Å². The average Bonchev–Trinajstić information content (AvgIpc) is 2.39. The van der Waals surface area contributed by atoms with E-state index in [4.69, 9.17) is 0 Å². The van der Waals surface area contributed by atoms with Gasteiger partial charge in [0.2, 0.25) is 0 Å². The maximum atomic E-state index is 9.39. The van der Waals surface area contributed by atoms with E-state index in [0.717, 1.165) is 6.54 Å². The third kappa shape index (κ3) is 8.10. The quantitative estimate of drug-likeness (QED) is 0.391. The van der Waals surface area contributed by atoms with Gasteiger partial charge in [-0.1, -0.05) is 46.5 Å². The predicted molar refractivity (Wildman–Crippen MR) is 80.8 cm³/mol. The molecule has 18 heavy (non-hydrogen) atoms. The molecule has 0 aromatic rings. The van der Waals surface area contributed by atoms with Crippen LogP contribution in [0.15, 0.2) is 0 Å². The van der Waals surface area contributed by atoms with Crippen molar-refractivity contribution in [2.75, 3.05) is 32.8 Å². The molecule has 0 unspecified atom stereocenters. The van der Waals surface area contributed by atoms with Crippen molar-refractivity contribution in [3.8, 4) is 0 Å². The van der Waals surface area contributed by atoms with E-state index in [1.165, 1.54) is 75.5 Å². The smallest absolute Gasteiger partial charge is 0.102 e. The molecule has 0 fully saturated rings. The number of hydrogen-bond donors (Lipinski definition) is 1. The molecular formula is C16H36NO+. The molecule has 0 rings (SSSR count). The monoisotopic (exact) mass is 258 g/mol. The van der Waals surface area contributed by atoms with Crippen LogP contribution in [0.5, 0.6) is 0 Å². The number of nitrogens with zero attached hydrogens (tertiary/aromatic N) is 1. The highest BCUT2D eigenvalue weighted by molar-refractivity contribution is 4.49. The van der Waals surface area contributed by atoms with Crippen molar-refractivity contribution in [2.24, 2.45) is 0 Å². The van der Waals surface area contributed by atoms with Crippen LogP contribution in [0.2, 0.25) is 0 Å². The van der Waals surface area contributed by atoms with Crippen LogP contribution >= 0.6 is 0 Å². The molecule has 2 heteroatoms. The summed E-state index contributed by atoms with van der Waals surface area (Å²) in [6.07, 6.45) is 10.5. The summed E-state index contributed by atoms with van der Waals surface area (Å²) in [6.45, 7) is 11.9. The third-order valence-corrected chi connectivity index (χ3v) is 4.03. The lowest BCUT2D eigenvalue weighted by molar-refractivity contribution is -0.929. The first-order chi connectivity index (χ1) is 8.74. The van der Waals surface area contributed by atoms with E-state index in [0.29, 0.717) is 6.61 Å². The number of aliphatic hydroxyl groups is 1. The average molecular weight is 258 g/mol. The fourth-order valence-electron chi connectivity index (χ4n) is 2.74. The Morgan fingerprint density at radius 2 is 1.11 bits per heavy atom. The highest BCUT2D eigenvalue weighted by Crippen LogP contribution is 2.15. The number of aliphatic hydroxyl groups excluding tert-OH is 1. The van der Waals surface area contributed by atoms with Gasteiger partial charge in [-0.05, 0) is 25.7 Å². The maximum absolute atomic E-state index is 9.39. The summed E-state index contributed by atoms with van der Waals surface area (Å²) in [7, 11) is 0. The van der Waals surface area contributed by atoms with Crippen molar-refractivity contribution < 1.29 is 9.59 Å². The van der Waals surface area contributed by atoms with Gasteiger partial charge in [-0.15, -0.1) is 0 Å². The van der Waals surface area contributed by atoms with Crippen LogP contribution < -0.4 is 0 Å². The lowest BCUT2D eigenvalue weighted by Gasteiger charge is -2.38. The summed E-state index contributed by atoms with van der Waals surface area (Å²) in [4.78, 5) is 0. The molecule has 0 spiro atoms. The van der Waals surface area contributed by atoms with Crippen LogP contribution in [0.25, 0.3) is 0 Å². The van der Waals surface area contributed by atoms with Gasteiger partial charge in [0.25, 0.3) is 0 Å². The second-order valence-electron chi connectivity index (χ2n) is 5.73. The van der Waals surface area contributed by atoms with Crippen LogP contribution in [-0.2, 0) is 0 Å². The molecule has 0 aliphatic carbocycles. The first-order valence-corrected chi connectivity index (χ1v) is 8.20. The van der Waals surface area contributed by atoms with Crippen LogP contribution in [0, 0.1) is 0 Å². The van der Waals surface area contributed by atoms with Crippen molar-refractivity contribution in [1.29, 1.82) is 0 Å². The molecule has 0 saturated carbocycles. The van der Waals surface area contributed by atoms with E-state index in [1.807, 2.05) is 0 Å². The Labute approximate surface area is 115 Å². The molecule has 0 saturated heterocycles. The summed E-state index contributed by atoms with van der Waals surface area (Å²) in [6, 6.07) is 0. The van der Waals surface area contributed by atoms with Gasteiger partial charge in [-0.2, -0.15) is 0 Å². The number of hydrogen-bond acceptors (Lipinski definition) is 1. The second kappa shape index (κ2) is 12.0. The lowest BCUT2D eigenvalue weighted by atomic mass is 10.1. The minimum Gasteiger partial charge on any atom is -0.391 e. The Hall–Kier alpha value is -0.0800. The molecule has 0 aliphatic rings. The predicted octanol–water partition coefficient (Wildman–Crippen LogP) is 3.98. The van der Waals surface area contributed by atoms with Gasteiger partial charge in [0, 0.05) is 0 Å². The van der Waals surface area contributed by atoms with Crippen LogP contribution in [0.3, 0.4) is 0 Å². The van der Waals surface area contributed by atoms with E-state index in [1.54, 1.807) is 0 Å². The fourth-order valence-corrected chi connectivity index (χ4v) is 2.74. The van der Waals surface area contributed by atoms with Crippen molar-refractivity contribution in [3.05, 3.63) is 0 Å². The van der Waals surface area contributed by atoms with E-state index < -0.39 is 0 Å². The van der Waals surface area contributed by atoms with E-state index in [2.05, 4.69) is 20.8 Å². The lowest BCUT2D eigenvalue weighted by Crippen LogP contribution is -2.51. The Morgan fingerprint density at radius 3 is 1.56 bits per heavy atom. The molecular weight excluding hydrogens is 222 g/mol. The molecule has 0 amide bonds. The van der Waals surface area contributed by atoms with Crippen LogP contribution in [0.1, 0.15) is 72.1 Å². The van der Waals surface area contributed by atoms with E-state index >= 15 is 0 Å². The summed E-state index contributed by atoms with van der Waals surface area (Å²) in [5.74, 6) is 0. The zero-order valence-electron chi connectivity index (χ0n) is 13.1. The van der Waals surface area contributed by atoms with E-state index in [-0.39, 0.29) is 0 Å². The highest BCUT2D eigenvalue weighted by Gasteiger charge is 2.24. The molecule has 0 bridgehead atoms. The summed E-state index contributed by atoms with van der Waals surface area (Å²) < 4.78 is 1.17. The topological polar surface area (TPSA) is 20.2 Å². The van der Waals surface area contributed by atoms with Crippen molar-refractivity contribution in [2.45, 2.75) is 72.1 Å². The summed E-state index contributed by atoms with van der Waals surface area (Å²) in [5.41, 5.74) is 0. The minimum absolute atomic E-state index is 0.348. The zero-order chi connectivity index (χ0) is 13.7. The first-order valence-electron chi connectivity index (χ1n) is 8.20. The Bertz CT molecular complexity index is 162. The van der Waals surface area contributed by atoms with Crippen LogP contribution in [0.4, 0.5) is 0 Å². The van der Waals surface area contributed by atoms with Crippen LogP contribution in [-0.4, -0.2) is 42.4 Å². The normalized spacial score (nSPS) is 12.0. The van der Waals surface area contributed by atoms with Gasteiger partial charge in [-0.25, -0.2) is 0 Å². The first kappa shape index (κ1) is 17.9. The van der Waals surface area contributed by atoms with Crippen molar-refractivity contribution in [3.63, 3.8) is 0 Å². The van der Waals surface area contributed by atoms with Gasteiger partial charge in [-0.3, -0.25) is 0 Å². The van der Waals surface area contributed by atoms with Crippen molar-refractivity contribution >= 4 is 0 Å². The Morgan fingerprint density at radius 1 is 0.611 bits per heavy atom. The number of quaternary nitrogens is 1. The highest BCUT2D eigenvalue weighted by atomic mass is 16.3. The molecule has 0 radical (unpaired) electrons. The minimum atomic E-state index is 0.348. The Kier molecular flexibility index (Phi) is 11.9. The van der Waals surface area contributed by atoms with Gasteiger partial charge in [0.1, 0.15) is 6.54 Å². The molecule has 0 aliphatic heterocycles. The molecule has 110 valence electrons. The molecule has 0 aromatic carbocycles.